The number of hydrogen-bond acceptors (Lipinski definition) is 6. The topological polar surface area (TPSA) is 91.3 Å². The van der Waals surface area contributed by atoms with Crippen LogP contribution in [0.5, 0.6) is 0 Å². The predicted molar refractivity (Wildman–Crippen MR) is 109 cm³/mol. The molecule has 152 valence electrons. The van der Waals surface area contributed by atoms with Crippen LogP contribution >= 0.6 is 11.5 Å². The Kier molecular flexibility index (Phi) is 4.95. The van der Waals surface area contributed by atoms with E-state index in [0.717, 1.165) is 21.8 Å². The fourth-order valence-electron chi connectivity index (χ4n) is 3.50. The predicted octanol–water partition coefficient (Wildman–Crippen LogP) is 1.83. The Morgan fingerprint density at radius 1 is 1.14 bits per heavy atom. The maximum atomic E-state index is 13.1. The Bertz CT molecular complexity index is 1170. The van der Waals surface area contributed by atoms with E-state index in [1.54, 1.807) is 30.9 Å². The number of rotatable bonds is 3. The summed E-state index contributed by atoms with van der Waals surface area (Å²) in [6.07, 6.45) is 0. The zero-order valence-electron chi connectivity index (χ0n) is 16.0. The Hall–Kier alpha value is -3.01. The number of nitrogens with zero attached hydrogens (tertiary/aromatic N) is 4. The Labute approximate surface area is 169 Å². The van der Waals surface area contributed by atoms with Crippen molar-refractivity contribution in [1.29, 1.82) is 0 Å². The van der Waals surface area contributed by atoms with Gasteiger partial charge in [0, 0.05) is 37.9 Å². The molecule has 1 aromatic carbocycles. The van der Waals surface area contributed by atoms with Crippen LogP contribution in [0.2, 0.25) is 0 Å². The van der Waals surface area contributed by atoms with Gasteiger partial charge in [-0.3, -0.25) is 14.2 Å². The minimum absolute atomic E-state index is 0.108. The standard InChI is InChI=1S/C19H20FN5O3S/c1-11(2)25-17(26)15-14(21-19(25)28)16(29-22-15)18(27)24-9-7-23(8-10-24)13-5-3-12(20)4-6-13/h3-6,11H,7-10H2,1-2H3,(H,21,28). The van der Waals surface area contributed by atoms with Crippen LogP contribution in [0.25, 0.3) is 11.0 Å². The van der Waals surface area contributed by atoms with Gasteiger partial charge in [0.2, 0.25) is 0 Å². The van der Waals surface area contributed by atoms with Crippen molar-refractivity contribution in [2.24, 2.45) is 0 Å². The summed E-state index contributed by atoms with van der Waals surface area (Å²) in [7, 11) is 0. The molecule has 4 rings (SSSR count). The number of halogens is 1. The van der Waals surface area contributed by atoms with Gasteiger partial charge in [0.1, 0.15) is 10.7 Å². The van der Waals surface area contributed by atoms with Crippen LogP contribution in [0.15, 0.2) is 33.9 Å². The van der Waals surface area contributed by atoms with Crippen LogP contribution in [0, 0.1) is 5.82 Å². The summed E-state index contributed by atoms with van der Waals surface area (Å²) in [6.45, 7) is 5.63. The van der Waals surface area contributed by atoms with E-state index in [9.17, 15) is 18.8 Å². The number of fused-ring (bicyclic) bond motifs is 1. The number of piperazine rings is 1. The minimum Gasteiger partial charge on any atom is -0.368 e. The zero-order valence-corrected chi connectivity index (χ0v) is 16.8. The molecule has 2 aromatic heterocycles. The summed E-state index contributed by atoms with van der Waals surface area (Å²) in [4.78, 5) is 44.5. The van der Waals surface area contributed by atoms with Crippen LogP contribution in [-0.4, -0.2) is 50.9 Å². The largest absolute Gasteiger partial charge is 0.368 e. The van der Waals surface area contributed by atoms with E-state index < -0.39 is 11.2 Å². The summed E-state index contributed by atoms with van der Waals surface area (Å²) in [5.41, 5.74) is 0.174. The van der Waals surface area contributed by atoms with Gasteiger partial charge in [-0.2, -0.15) is 4.37 Å². The zero-order chi connectivity index (χ0) is 20.7. The number of nitrogens with one attached hydrogen (secondary N) is 1. The van der Waals surface area contributed by atoms with Gasteiger partial charge < -0.3 is 14.8 Å². The van der Waals surface area contributed by atoms with E-state index in [1.807, 2.05) is 0 Å². The van der Waals surface area contributed by atoms with Gasteiger partial charge in [0.15, 0.2) is 5.52 Å². The average molecular weight is 417 g/mol. The number of amides is 1. The Morgan fingerprint density at radius 3 is 2.41 bits per heavy atom. The van der Waals surface area contributed by atoms with Crippen molar-refractivity contribution >= 4 is 34.2 Å². The maximum absolute atomic E-state index is 13.1. The van der Waals surface area contributed by atoms with Crippen LogP contribution in [0.3, 0.4) is 0 Å². The lowest BCUT2D eigenvalue weighted by molar-refractivity contribution is 0.0753. The highest BCUT2D eigenvalue weighted by Crippen LogP contribution is 2.22. The van der Waals surface area contributed by atoms with Crippen LogP contribution < -0.4 is 16.1 Å². The van der Waals surface area contributed by atoms with Gasteiger partial charge in [0.25, 0.3) is 11.5 Å². The molecule has 1 N–H and O–H groups in total. The quantitative estimate of drug-likeness (QED) is 0.702. The summed E-state index contributed by atoms with van der Waals surface area (Å²) < 4.78 is 18.3. The third-order valence-electron chi connectivity index (χ3n) is 5.03. The highest BCUT2D eigenvalue weighted by Gasteiger charge is 2.27. The molecule has 8 nitrogen and oxygen atoms in total. The third-order valence-corrected chi connectivity index (χ3v) is 5.87. The molecule has 1 saturated heterocycles. The van der Waals surface area contributed by atoms with Crippen molar-refractivity contribution in [2.75, 3.05) is 31.1 Å². The Balaban J connectivity index is 1.56. The monoisotopic (exact) mass is 417 g/mol. The first-order valence-electron chi connectivity index (χ1n) is 9.31. The van der Waals surface area contributed by atoms with E-state index in [1.165, 1.54) is 12.1 Å². The SMILES string of the molecule is CC(C)n1c(=O)[nH]c2c(C(=O)N3CCN(c4ccc(F)cc4)CC3)snc2c1=O. The lowest BCUT2D eigenvalue weighted by Gasteiger charge is -2.35. The van der Waals surface area contributed by atoms with Crippen molar-refractivity contribution in [3.8, 4) is 0 Å². The summed E-state index contributed by atoms with van der Waals surface area (Å²) >= 11 is 0.927. The first kappa shape index (κ1) is 19.3. The lowest BCUT2D eigenvalue weighted by atomic mass is 10.2. The molecular formula is C19H20FN5O3S. The average Bonchev–Trinajstić information content (AvgIpc) is 3.12. The summed E-state index contributed by atoms with van der Waals surface area (Å²) in [5.74, 6) is -0.543. The number of hydrogen-bond donors (Lipinski definition) is 1. The molecule has 1 amide bonds. The van der Waals surface area contributed by atoms with Gasteiger partial charge in [-0.05, 0) is 49.6 Å². The lowest BCUT2D eigenvalue weighted by Crippen LogP contribution is -2.48. The number of benzene rings is 1. The van der Waals surface area contributed by atoms with E-state index in [4.69, 9.17) is 0 Å². The molecule has 0 bridgehead atoms. The molecule has 0 spiro atoms. The molecule has 1 aliphatic rings. The van der Waals surface area contributed by atoms with Gasteiger partial charge in [-0.15, -0.1) is 0 Å². The highest BCUT2D eigenvalue weighted by molar-refractivity contribution is 7.09. The molecule has 10 heteroatoms. The van der Waals surface area contributed by atoms with Crippen molar-refractivity contribution in [3.05, 3.63) is 55.8 Å². The fraction of sp³-hybridized carbons (Fsp3) is 0.368. The summed E-state index contributed by atoms with van der Waals surface area (Å²) in [6, 6.07) is 5.95. The van der Waals surface area contributed by atoms with Gasteiger partial charge >= 0.3 is 5.69 Å². The third kappa shape index (κ3) is 3.44. The molecule has 3 heterocycles. The normalized spacial score (nSPS) is 14.8. The number of carbonyl (C=O) groups excluding carboxylic acids is 1. The molecule has 1 fully saturated rings. The van der Waals surface area contributed by atoms with Crippen LogP contribution in [0.1, 0.15) is 29.6 Å². The van der Waals surface area contributed by atoms with Crippen molar-refractivity contribution in [3.63, 3.8) is 0 Å². The van der Waals surface area contributed by atoms with E-state index in [0.29, 0.717) is 26.2 Å². The van der Waals surface area contributed by atoms with E-state index in [2.05, 4.69) is 14.3 Å². The van der Waals surface area contributed by atoms with Gasteiger partial charge in [-0.1, -0.05) is 0 Å². The van der Waals surface area contributed by atoms with Gasteiger partial charge in [0.05, 0.1) is 5.52 Å². The number of H-pyrrole nitrogens is 1. The highest BCUT2D eigenvalue weighted by atomic mass is 32.1. The van der Waals surface area contributed by atoms with E-state index in [-0.39, 0.29) is 33.7 Å². The smallest absolute Gasteiger partial charge is 0.329 e. The molecule has 0 saturated carbocycles. The Morgan fingerprint density at radius 2 is 1.79 bits per heavy atom. The van der Waals surface area contributed by atoms with Crippen molar-refractivity contribution < 1.29 is 9.18 Å². The molecule has 0 unspecified atom stereocenters. The molecule has 0 atom stereocenters. The maximum Gasteiger partial charge on any atom is 0.329 e. The first-order valence-corrected chi connectivity index (χ1v) is 10.1. The van der Waals surface area contributed by atoms with Crippen LogP contribution in [-0.2, 0) is 0 Å². The molecule has 1 aliphatic heterocycles. The molecule has 29 heavy (non-hydrogen) atoms. The number of carbonyl (C=O) groups is 1. The van der Waals surface area contributed by atoms with Crippen LogP contribution in [0.4, 0.5) is 10.1 Å². The molecule has 0 radical (unpaired) electrons. The minimum atomic E-state index is -0.548. The van der Waals surface area contributed by atoms with Crippen molar-refractivity contribution in [1.82, 2.24) is 18.8 Å². The second-order valence-electron chi connectivity index (χ2n) is 7.19. The second kappa shape index (κ2) is 7.43. The first-order chi connectivity index (χ1) is 13.9. The second-order valence-corrected chi connectivity index (χ2v) is 7.96. The number of aromatic nitrogens is 3. The van der Waals surface area contributed by atoms with Crippen molar-refractivity contribution in [2.45, 2.75) is 19.9 Å². The number of aromatic amines is 1. The molecule has 0 aliphatic carbocycles. The molecule has 3 aromatic rings. The fourth-order valence-corrected chi connectivity index (χ4v) is 4.30. The number of anilines is 1. The van der Waals surface area contributed by atoms with Gasteiger partial charge in [-0.25, -0.2) is 9.18 Å². The summed E-state index contributed by atoms with van der Waals surface area (Å²) in [5, 5.41) is 0. The van der Waals surface area contributed by atoms with E-state index >= 15 is 0 Å². The molecular weight excluding hydrogens is 397 g/mol.